The quantitative estimate of drug-likeness (QED) is 0.776. The second-order valence-corrected chi connectivity index (χ2v) is 4.93. The number of carbonyl (C=O) groups is 2. The molecule has 0 saturated carbocycles. The van der Waals surface area contributed by atoms with E-state index >= 15 is 0 Å². The molecule has 20 heavy (non-hydrogen) atoms. The molecule has 1 atom stereocenters. The standard InChI is InChI=1S/C16H20O4/c1-3-20-15(17)10-8-11-7-9-12-13(16(11)18)5-4-6-14(12)19-2/h4-6,11H,3,7-10H2,1-2H3. The van der Waals surface area contributed by atoms with Crippen molar-refractivity contribution >= 4 is 11.8 Å². The molecule has 1 aliphatic rings. The van der Waals surface area contributed by atoms with Crippen LogP contribution in [0.3, 0.4) is 0 Å². The van der Waals surface area contributed by atoms with Crippen molar-refractivity contribution in [2.75, 3.05) is 13.7 Å². The molecule has 4 nitrogen and oxygen atoms in total. The van der Waals surface area contributed by atoms with Gasteiger partial charge in [0.25, 0.3) is 0 Å². The van der Waals surface area contributed by atoms with E-state index < -0.39 is 0 Å². The van der Waals surface area contributed by atoms with E-state index in [1.54, 1.807) is 14.0 Å². The summed E-state index contributed by atoms with van der Waals surface area (Å²) in [4.78, 5) is 23.8. The van der Waals surface area contributed by atoms with E-state index in [2.05, 4.69) is 0 Å². The van der Waals surface area contributed by atoms with E-state index in [4.69, 9.17) is 9.47 Å². The average Bonchev–Trinajstić information content (AvgIpc) is 2.46. The topological polar surface area (TPSA) is 52.6 Å². The van der Waals surface area contributed by atoms with Crippen LogP contribution in [0.4, 0.5) is 0 Å². The Kier molecular flexibility index (Phi) is 4.77. The first kappa shape index (κ1) is 14.6. The van der Waals surface area contributed by atoms with Gasteiger partial charge in [0, 0.05) is 23.5 Å². The SMILES string of the molecule is CCOC(=O)CCC1CCc2c(OC)cccc2C1=O. The summed E-state index contributed by atoms with van der Waals surface area (Å²) in [6, 6.07) is 5.56. The number of ketones is 1. The summed E-state index contributed by atoms with van der Waals surface area (Å²) in [5.41, 5.74) is 1.73. The summed E-state index contributed by atoms with van der Waals surface area (Å²) >= 11 is 0. The molecule has 0 aromatic heterocycles. The Morgan fingerprint density at radius 3 is 2.90 bits per heavy atom. The lowest BCUT2D eigenvalue weighted by molar-refractivity contribution is -0.143. The summed E-state index contributed by atoms with van der Waals surface area (Å²) in [6.07, 6.45) is 2.46. The first-order chi connectivity index (χ1) is 9.67. The number of hydrogen-bond acceptors (Lipinski definition) is 4. The molecular formula is C16H20O4. The number of rotatable bonds is 5. The summed E-state index contributed by atoms with van der Waals surface area (Å²) < 4.78 is 10.2. The second kappa shape index (κ2) is 6.55. The lowest BCUT2D eigenvalue weighted by Crippen LogP contribution is -2.24. The second-order valence-electron chi connectivity index (χ2n) is 4.93. The third-order valence-corrected chi connectivity index (χ3v) is 3.73. The number of carbonyl (C=O) groups excluding carboxylic acids is 2. The van der Waals surface area contributed by atoms with Gasteiger partial charge in [-0.1, -0.05) is 12.1 Å². The minimum atomic E-state index is -0.225. The van der Waals surface area contributed by atoms with Crippen molar-refractivity contribution in [2.24, 2.45) is 5.92 Å². The maximum absolute atomic E-state index is 12.4. The average molecular weight is 276 g/mol. The fraction of sp³-hybridized carbons (Fsp3) is 0.500. The molecule has 0 radical (unpaired) electrons. The van der Waals surface area contributed by atoms with Gasteiger partial charge in [-0.3, -0.25) is 9.59 Å². The highest BCUT2D eigenvalue weighted by Crippen LogP contribution is 2.33. The first-order valence-corrected chi connectivity index (χ1v) is 7.03. The molecule has 4 heteroatoms. The van der Waals surface area contributed by atoms with Crippen LogP contribution in [0, 0.1) is 5.92 Å². The van der Waals surface area contributed by atoms with Crippen molar-refractivity contribution in [3.05, 3.63) is 29.3 Å². The molecule has 0 bridgehead atoms. The summed E-state index contributed by atoms with van der Waals surface area (Å²) in [5.74, 6) is 0.588. The predicted molar refractivity (Wildman–Crippen MR) is 75.0 cm³/mol. The van der Waals surface area contributed by atoms with Crippen LogP contribution >= 0.6 is 0 Å². The number of ether oxygens (including phenoxy) is 2. The van der Waals surface area contributed by atoms with Gasteiger partial charge in [0.2, 0.25) is 0 Å². The van der Waals surface area contributed by atoms with Gasteiger partial charge in [-0.2, -0.15) is 0 Å². The van der Waals surface area contributed by atoms with Crippen LogP contribution in [0.15, 0.2) is 18.2 Å². The van der Waals surface area contributed by atoms with Gasteiger partial charge in [-0.25, -0.2) is 0 Å². The van der Waals surface area contributed by atoms with Crippen LogP contribution < -0.4 is 4.74 Å². The predicted octanol–water partition coefficient (Wildman–Crippen LogP) is 2.78. The molecule has 0 fully saturated rings. The van der Waals surface area contributed by atoms with E-state index in [1.165, 1.54) is 0 Å². The van der Waals surface area contributed by atoms with Crippen LogP contribution in [0.25, 0.3) is 0 Å². The number of hydrogen-bond donors (Lipinski definition) is 0. The molecule has 0 heterocycles. The molecule has 1 aliphatic carbocycles. The van der Waals surface area contributed by atoms with Gasteiger partial charge in [0.05, 0.1) is 13.7 Å². The molecule has 1 unspecified atom stereocenters. The molecule has 1 aromatic carbocycles. The number of Topliss-reactive ketones (excluding diaryl/α,β-unsaturated/α-hetero) is 1. The molecule has 0 N–H and O–H groups in total. The molecule has 0 spiro atoms. The zero-order valence-electron chi connectivity index (χ0n) is 12.0. The third kappa shape index (κ3) is 3.00. The fourth-order valence-corrected chi connectivity index (χ4v) is 2.72. The highest BCUT2D eigenvalue weighted by Gasteiger charge is 2.29. The van der Waals surface area contributed by atoms with E-state index in [9.17, 15) is 9.59 Å². The Morgan fingerprint density at radius 2 is 2.20 bits per heavy atom. The van der Waals surface area contributed by atoms with Crippen molar-refractivity contribution < 1.29 is 19.1 Å². The van der Waals surface area contributed by atoms with Crippen molar-refractivity contribution in [1.29, 1.82) is 0 Å². The van der Waals surface area contributed by atoms with Crippen LogP contribution in [-0.2, 0) is 16.0 Å². The summed E-state index contributed by atoms with van der Waals surface area (Å²) in [5, 5.41) is 0. The highest BCUT2D eigenvalue weighted by molar-refractivity contribution is 6.01. The van der Waals surface area contributed by atoms with Gasteiger partial charge < -0.3 is 9.47 Å². The van der Waals surface area contributed by atoms with Crippen molar-refractivity contribution in [3.8, 4) is 5.75 Å². The van der Waals surface area contributed by atoms with E-state index in [1.807, 2.05) is 18.2 Å². The number of fused-ring (bicyclic) bond motifs is 1. The Balaban J connectivity index is 2.06. The van der Waals surface area contributed by atoms with Gasteiger partial charge >= 0.3 is 5.97 Å². The molecule has 108 valence electrons. The van der Waals surface area contributed by atoms with E-state index in [0.29, 0.717) is 19.4 Å². The largest absolute Gasteiger partial charge is 0.496 e. The monoisotopic (exact) mass is 276 g/mol. The first-order valence-electron chi connectivity index (χ1n) is 7.03. The maximum Gasteiger partial charge on any atom is 0.305 e. The van der Waals surface area contributed by atoms with E-state index in [-0.39, 0.29) is 17.7 Å². The highest BCUT2D eigenvalue weighted by atomic mass is 16.5. The zero-order valence-corrected chi connectivity index (χ0v) is 12.0. The van der Waals surface area contributed by atoms with Crippen molar-refractivity contribution in [1.82, 2.24) is 0 Å². The summed E-state index contributed by atoms with van der Waals surface area (Å²) in [6.45, 7) is 2.17. The Hall–Kier alpha value is -1.84. The van der Waals surface area contributed by atoms with Crippen molar-refractivity contribution in [3.63, 3.8) is 0 Å². The van der Waals surface area contributed by atoms with Crippen LogP contribution in [-0.4, -0.2) is 25.5 Å². The molecule has 2 rings (SSSR count). The van der Waals surface area contributed by atoms with Crippen LogP contribution in [0.5, 0.6) is 5.75 Å². The smallest absolute Gasteiger partial charge is 0.305 e. The molecule has 0 aliphatic heterocycles. The number of methoxy groups -OCH3 is 1. The van der Waals surface area contributed by atoms with Gasteiger partial charge in [-0.05, 0) is 32.3 Å². The molecule has 1 aromatic rings. The Bertz CT molecular complexity index is 507. The van der Waals surface area contributed by atoms with E-state index in [0.717, 1.165) is 29.7 Å². The third-order valence-electron chi connectivity index (χ3n) is 3.73. The minimum absolute atomic E-state index is 0.0842. The maximum atomic E-state index is 12.4. The normalized spacial score (nSPS) is 17.5. The number of benzene rings is 1. The van der Waals surface area contributed by atoms with Gasteiger partial charge in [0.1, 0.15) is 5.75 Å². The Labute approximate surface area is 119 Å². The zero-order chi connectivity index (χ0) is 14.5. The van der Waals surface area contributed by atoms with Crippen LogP contribution in [0.1, 0.15) is 42.1 Å². The molecular weight excluding hydrogens is 256 g/mol. The lowest BCUT2D eigenvalue weighted by atomic mass is 9.80. The van der Waals surface area contributed by atoms with Crippen molar-refractivity contribution in [2.45, 2.75) is 32.6 Å². The number of esters is 1. The molecule has 0 saturated heterocycles. The lowest BCUT2D eigenvalue weighted by Gasteiger charge is -2.24. The Morgan fingerprint density at radius 1 is 1.40 bits per heavy atom. The van der Waals surface area contributed by atoms with Crippen LogP contribution in [0.2, 0.25) is 0 Å². The molecule has 0 amide bonds. The fourth-order valence-electron chi connectivity index (χ4n) is 2.72. The minimum Gasteiger partial charge on any atom is -0.496 e. The summed E-state index contributed by atoms with van der Waals surface area (Å²) in [7, 11) is 1.62. The van der Waals surface area contributed by atoms with Gasteiger partial charge in [0.15, 0.2) is 5.78 Å². The van der Waals surface area contributed by atoms with Gasteiger partial charge in [-0.15, -0.1) is 0 Å².